The molecule has 1 N–H and O–H groups in total. The van der Waals surface area contributed by atoms with Gasteiger partial charge >= 0.3 is 6.18 Å². The fraction of sp³-hybridized carbons (Fsp3) is 0.355. The summed E-state index contributed by atoms with van der Waals surface area (Å²) in [5.41, 5.74) is 1.04. The number of alkyl halides is 3. The molecule has 11 heteroatoms. The molecule has 0 saturated carbocycles. The lowest BCUT2D eigenvalue weighted by Gasteiger charge is -2.34. The summed E-state index contributed by atoms with van der Waals surface area (Å²) in [6.07, 6.45) is -2.16. The quantitative estimate of drug-likeness (QED) is 0.268. The highest BCUT2D eigenvalue weighted by Crippen LogP contribution is 2.32. The third kappa shape index (κ3) is 9.07. The van der Waals surface area contributed by atoms with Crippen LogP contribution in [0.4, 0.5) is 18.9 Å². The predicted molar refractivity (Wildman–Crippen MR) is 157 cm³/mol. The monoisotopic (exact) mass is 603 g/mol. The van der Waals surface area contributed by atoms with Crippen LogP contribution < -0.4 is 9.62 Å². The van der Waals surface area contributed by atoms with Crippen molar-refractivity contribution in [3.8, 4) is 0 Å². The summed E-state index contributed by atoms with van der Waals surface area (Å²) in [4.78, 5) is 29.0. The zero-order chi connectivity index (χ0) is 30.9. The molecule has 0 radical (unpaired) electrons. The normalized spacial score (nSPS) is 12.4. The summed E-state index contributed by atoms with van der Waals surface area (Å²) < 4.78 is 66.6. The fourth-order valence-electron chi connectivity index (χ4n) is 4.48. The lowest BCUT2D eigenvalue weighted by molar-refractivity contribution is -0.140. The van der Waals surface area contributed by atoms with Gasteiger partial charge in [-0.3, -0.25) is 13.9 Å². The van der Waals surface area contributed by atoms with Gasteiger partial charge in [0, 0.05) is 19.5 Å². The molecular weight excluding hydrogens is 567 g/mol. The van der Waals surface area contributed by atoms with E-state index in [9.17, 15) is 31.2 Å². The summed E-state index contributed by atoms with van der Waals surface area (Å²) in [5.74, 6) is -1.13. The van der Waals surface area contributed by atoms with Crippen LogP contribution in [0.25, 0.3) is 0 Å². The number of benzene rings is 3. The molecule has 226 valence electrons. The standard InChI is InChI=1S/C31H36F3N3O4S/c1-4-5-18-35-30(39)28(19-24-13-7-6-8-14-24)36(21-25-15-10-9-12-23(25)2)29(38)22-37(42(3,40)41)27-17-11-16-26(20-27)31(32,33)34/h6-17,20,28H,4-5,18-19,21-22H2,1-3H3,(H,35,39)/t28-/m0/s1. The van der Waals surface area contributed by atoms with Crippen molar-refractivity contribution in [2.75, 3.05) is 23.7 Å². The SMILES string of the molecule is CCCCNC(=O)[C@H](Cc1ccccc1)N(Cc1ccccc1C)C(=O)CN(c1cccc(C(F)(F)F)c1)S(C)(=O)=O. The van der Waals surface area contributed by atoms with Crippen LogP contribution in [0.1, 0.15) is 42.0 Å². The van der Waals surface area contributed by atoms with Gasteiger partial charge in [0.2, 0.25) is 21.8 Å². The van der Waals surface area contributed by atoms with E-state index in [1.807, 2.05) is 62.4 Å². The number of unbranched alkanes of at least 4 members (excludes halogenated alkanes) is 1. The maximum absolute atomic E-state index is 14.1. The Balaban J connectivity index is 2.07. The van der Waals surface area contributed by atoms with E-state index < -0.39 is 46.2 Å². The Morgan fingerprint density at radius 2 is 1.62 bits per heavy atom. The van der Waals surface area contributed by atoms with Crippen LogP contribution in [0, 0.1) is 6.92 Å². The number of anilines is 1. The Kier molecular flexibility index (Phi) is 11.2. The molecule has 0 aliphatic heterocycles. The lowest BCUT2D eigenvalue weighted by atomic mass is 10.0. The van der Waals surface area contributed by atoms with Gasteiger partial charge in [0.05, 0.1) is 17.5 Å². The highest BCUT2D eigenvalue weighted by atomic mass is 32.2. The van der Waals surface area contributed by atoms with E-state index >= 15 is 0 Å². The first-order chi connectivity index (χ1) is 19.8. The van der Waals surface area contributed by atoms with Crippen LogP contribution in [0.2, 0.25) is 0 Å². The first kappa shape index (κ1) is 32.7. The zero-order valence-corrected chi connectivity index (χ0v) is 24.7. The summed E-state index contributed by atoms with van der Waals surface area (Å²) >= 11 is 0. The number of halogens is 3. The fourth-order valence-corrected chi connectivity index (χ4v) is 5.32. The van der Waals surface area contributed by atoms with Gasteiger partial charge in [-0.25, -0.2) is 8.42 Å². The van der Waals surface area contributed by atoms with Gasteiger partial charge in [0.1, 0.15) is 12.6 Å². The molecule has 3 aromatic rings. The smallest absolute Gasteiger partial charge is 0.354 e. The summed E-state index contributed by atoms with van der Waals surface area (Å²) in [5, 5.41) is 2.89. The Bertz CT molecular complexity index is 1460. The maximum Gasteiger partial charge on any atom is 0.416 e. The summed E-state index contributed by atoms with van der Waals surface area (Å²) in [6.45, 7) is 3.43. The number of amides is 2. The van der Waals surface area contributed by atoms with Crippen molar-refractivity contribution in [1.82, 2.24) is 10.2 Å². The largest absolute Gasteiger partial charge is 0.416 e. The predicted octanol–water partition coefficient (Wildman–Crippen LogP) is 5.34. The van der Waals surface area contributed by atoms with Crippen LogP contribution in [0.15, 0.2) is 78.9 Å². The third-order valence-electron chi connectivity index (χ3n) is 6.84. The van der Waals surface area contributed by atoms with E-state index in [1.54, 1.807) is 6.07 Å². The van der Waals surface area contributed by atoms with Crippen molar-refractivity contribution in [1.29, 1.82) is 0 Å². The molecule has 0 bridgehead atoms. The number of hydrogen-bond donors (Lipinski definition) is 1. The molecule has 0 aliphatic carbocycles. The Morgan fingerprint density at radius 1 is 0.952 bits per heavy atom. The minimum Gasteiger partial charge on any atom is -0.354 e. The van der Waals surface area contributed by atoms with Crippen molar-refractivity contribution in [2.45, 2.75) is 51.9 Å². The van der Waals surface area contributed by atoms with Crippen molar-refractivity contribution >= 4 is 27.5 Å². The number of rotatable bonds is 13. The molecule has 2 amide bonds. The van der Waals surface area contributed by atoms with Crippen LogP contribution in [-0.4, -0.2) is 50.5 Å². The molecule has 0 spiro atoms. The van der Waals surface area contributed by atoms with Crippen molar-refractivity contribution < 1.29 is 31.2 Å². The lowest BCUT2D eigenvalue weighted by Crippen LogP contribution is -2.53. The van der Waals surface area contributed by atoms with E-state index in [2.05, 4.69) is 5.32 Å². The molecule has 1 atom stereocenters. The van der Waals surface area contributed by atoms with E-state index in [1.165, 1.54) is 11.0 Å². The summed E-state index contributed by atoms with van der Waals surface area (Å²) in [6, 6.07) is 19.2. The average molecular weight is 604 g/mol. The second kappa shape index (κ2) is 14.4. The topological polar surface area (TPSA) is 86.8 Å². The van der Waals surface area contributed by atoms with Crippen molar-refractivity contribution in [3.63, 3.8) is 0 Å². The molecule has 0 fully saturated rings. The summed E-state index contributed by atoms with van der Waals surface area (Å²) in [7, 11) is -4.19. The Hall–Kier alpha value is -3.86. The van der Waals surface area contributed by atoms with Gasteiger partial charge in [-0.15, -0.1) is 0 Å². The maximum atomic E-state index is 14.1. The second-order valence-electron chi connectivity index (χ2n) is 10.1. The van der Waals surface area contributed by atoms with E-state index in [-0.39, 0.29) is 18.7 Å². The highest BCUT2D eigenvalue weighted by Gasteiger charge is 2.35. The number of carbonyl (C=O) groups is 2. The Morgan fingerprint density at radius 3 is 2.24 bits per heavy atom. The van der Waals surface area contributed by atoms with Crippen molar-refractivity contribution in [3.05, 3.63) is 101 Å². The minimum absolute atomic E-state index is 0.00953. The molecule has 7 nitrogen and oxygen atoms in total. The van der Waals surface area contributed by atoms with Gasteiger partial charge in [-0.2, -0.15) is 13.2 Å². The molecular formula is C31H36F3N3O4S. The molecule has 0 aromatic heterocycles. The van der Waals surface area contributed by atoms with Crippen LogP contribution >= 0.6 is 0 Å². The molecule has 3 aromatic carbocycles. The molecule has 0 unspecified atom stereocenters. The molecule has 3 rings (SSSR count). The van der Waals surface area contributed by atoms with Crippen LogP contribution in [-0.2, 0) is 38.8 Å². The number of hydrogen-bond acceptors (Lipinski definition) is 4. The van der Waals surface area contributed by atoms with Gasteiger partial charge in [-0.05, 0) is 48.2 Å². The number of sulfonamides is 1. The highest BCUT2D eigenvalue weighted by molar-refractivity contribution is 7.92. The first-order valence-corrected chi connectivity index (χ1v) is 15.5. The molecule has 0 heterocycles. The van der Waals surface area contributed by atoms with E-state index in [0.29, 0.717) is 16.9 Å². The number of carbonyl (C=O) groups excluding carboxylic acids is 2. The number of aryl methyl sites for hydroxylation is 1. The van der Waals surface area contributed by atoms with E-state index in [0.717, 1.165) is 47.9 Å². The zero-order valence-electron chi connectivity index (χ0n) is 23.9. The van der Waals surface area contributed by atoms with Gasteiger partial charge in [0.15, 0.2) is 0 Å². The first-order valence-electron chi connectivity index (χ1n) is 13.6. The van der Waals surface area contributed by atoms with Crippen LogP contribution in [0.3, 0.4) is 0 Å². The average Bonchev–Trinajstić information content (AvgIpc) is 2.94. The van der Waals surface area contributed by atoms with Gasteiger partial charge < -0.3 is 10.2 Å². The molecule has 42 heavy (non-hydrogen) atoms. The van der Waals surface area contributed by atoms with Crippen molar-refractivity contribution in [2.24, 2.45) is 0 Å². The third-order valence-corrected chi connectivity index (χ3v) is 7.98. The van der Waals surface area contributed by atoms with Crippen LogP contribution in [0.5, 0.6) is 0 Å². The number of nitrogens with one attached hydrogen (secondary N) is 1. The van der Waals surface area contributed by atoms with Gasteiger partial charge in [-0.1, -0.05) is 74.0 Å². The second-order valence-corrected chi connectivity index (χ2v) is 12.0. The minimum atomic E-state index is -4.71. The molecule has 0 saturated heterocycles. The molecule has 0 aliphatic rings. The van der Waals surface area contributed by atoms with Gasteiger partial charge in [0.25, 0.3) is 0 Å². The number of nitrogens with zero attached hydrogens (tertiary/aromatic N) is 2. The van der Waals surface area contributed by atoms with E-state index in [4.69, 9.17) is 0 Å². The Labute approximate surface area is 245 Å².